The Morgan fingerprint density at radius 3 is 2.64 bits per heavy atom. The summed E-state index contributed by atoms with van der Waals surface area (Å²) >= 11 is 0. The van der Waals surface area contributed by atoms with Crippen LogP contribution in [0.4, 0.5) is 11.4 Å². The van der Waals surface area contributed by atoms with E-state index in [0.717, 1.165) is 17.3 Å². The van der Waals surface area contributed by atoms with E-state index in [0.29, 0.717) is 36.1 Å². The second kappa shape index (κ2) is 8.90. The van der Waals surface area contributed by atoms with E-state index in [2.05, 4.69) is 15.8 Å². The van der Waals surface area contributed by atoms with Crippen molar-refractivity contribution in [3.05, 3.63) is 47.5 Å². The Labute approximate surface area is 162 Å². The predicted molar refractivity (Wildman–Crippen MR) is 105 cm³/mol. The minimum Gasteiger partial charge on any atom is -0.486 e. The highest BCUT2D eigenvalue weighted by atomic mass is 16.6. The molecule has 28 heavy (non-hydrogen) atoms. The molecule has 8 heteroatoms. The van der Waals surface area contributed by atoms with Crippen molar-refractivity contribution in [3.8, 4) is 11.5 Å². The van der Waals surface area contributed by atoms with Crippen molar-refractivity contribution in [1.29, 1.82) is 0 Å². The molecule has 0 unspecified atom stereocenters. The van der Waals surface area contributed by atoms with E-state index in [1.807, 2.05) is 32.0 Å². The first-order valence-corrected chi connectivity index (χ1v) is 8.74. The van der Waals surface area contributed by atoms with Gasteiger partial charge in [0.1, 0.15) is 19.4 Å². The maximum atomic E-state index is 11.9. The Morgan fingerprint density at radius 2 is 1.86 bits per heavy atom. The Kier molecular flexibility index (Phi) is 6.11. The number of carbonyl (C=O) groups is 2. The molecule has 0 bridgehead atoms. The van der Waals surface area contributed by atoms with E-state index in [-0.39, 0.29) is 6.61 Å². The number of ether oxygens (including phenoxy) is 2. The van der Waals surface area contributed by atoms with Gasteiger partial charge in [-0.15, -0.1) is 0 Å². The minimum absolute atomic E-state index is 0.332. The normalized spacial score (nSPS) is 12.5. The van der Waals surface area contributed by atoms with Gasteiger partial charge in [-0.1, -0.05) is 22.9 Å². The maximum Gasteiger partial charge on any atom is 0.270 e. The number of benzene rings is 2. The summed E-state index contributed by atoms with van der Waals surface area (Å²) in [5, 5.41) is 8.88. The van der Waals surface area contributed by atoms with Gasteiger partial charge in [-0.2, -0.15) is 0 Å². The first-order chi connectivity index (χ1) is 13.5. The lowest BCUT2D eigenvalue weighted by Gasteiger charge is -2.18. The molecular formula is C20H21N3O5. The number of fused-ring (bicyclic) bond motifs is 1. The molecule has 0 radical (unpaired) electrons. The van der Waals surface area contributed by atoms with Crippen molar-refractivity contribution >= 4 is 29.4 Å². The van der Waals surface area contributed by atoms with Gasteiger partial charge >= 0.3 is 0 Å². The van der Waals surface area contributed by atoms with Gasteiger partial charge in [0, 0.05) is 17.4 Å². The van der Waals surface area contributed by atoms with E-state index in [1.165, 1.54) is 0 Å². The zero-order valence-corrected chi connectivity index (χ0v) is 15.7. The largest absolute Gasteiger partial charge is 0.486 e. The fourth-order valence-electron chi connectivity index (χ4n) is 2.62. The van der Waals surface area contributed by atoms with Crippen LogP contribution >= 0.6 is 0 Å². The van der Waals surface area contributed by atoms with Gasteiger partial charge in [-0.05, 0) is 37.6 Å². The van der Waals surface area contributed by atoms with Crippen LogP contribution in [-0.4, -0.2) is 37.8 Å². The van der Waals surface area contributed by atoms with Crippen LogP contribution in [0, 0.1) is 13.8 Å². The van der Waals surface area contributed by atoms with Crippen LogP contribution in [0.25, 0.3) is 0 Å². The van der Waals surface area contributed by atoms with E-state index < -0.39 is 11.8 Å². The number of carbonyl (C=O) groups excluding carboxylic acids is 2. The second-order valence-corrected chi connectivity index (χ2v) is 6.22. The van der Waals surface area contributed by atoms with E-state index >= 15 is 0 Å². The van der Waals surface area contributed by atoms with Gasteiger partial charge in [-0.3, -0.25) is 9.59 Å². The Hall–Kier alpha value is -3.55. The molecule has 2 amide bonds. The van der Waals surface area contributed by atoms with Gasteiger partial charge in [0.25, 0.3) is 11.8 Å². The van der Waals surface area contributed by atoms with E-state index in [9.17, 15) is 9.59 Å². The topological polar surface area (TPSA) is 98.2 Å². The molecular weight excluding hydrogens is 362 g/mol. The number of hydrogen-bond donors (Lipinski definition) is 2. The summed E-state index contributed by atoms with van der Waals surface area (Å²) in [6.07, 6.45) is 0.983. The fraction of sp³-hybridized carbons (Fsp3) is 0.250. The Morgan fingerprint density at radius 1 is 1.07 bits per heavy atom. The smallest absolute Gasteiger partial charge is 0.270 e. The van der Waals surface area contributed by atoms with Crippen molar-refractivity contribution in [1.82, 2.24) is 0 Å². The maximum absolute atomic E-state index is 11.9. The molecule has 1 heterocycles. The van der Waals surface area contributed by atoms with E-state index in [4.69, 9.17) is 14.3 Å². The van der Waals surface area contributed by atoms with Crippen LogP contribution in [0.15, 0.2) is 41.6 Å². The van der Waals surface area contributed by atoms with Crippen molar-refractivity contribution in [2.45, 2.75) is 13.8 Å². The van der Waals surface area contributed by atoms with Crippen LogP contribution in [0.1, 0.15) is 11.1 Å². The molecule has 2 aromatic rings. The molecule has 3 rings (SSSR count). The average molecular weight is 383 g/mol. The number of aryl methyl sites for hydroxylation is 2. The van der Waals surface area contributed by atoms with Crippen molar-refractivity contribution in [2.24, 2.45) is 5.16 Å². The summed E-state index contributed by atoms with van der Waals surface area (Å²) in [6, 6.07) is 10.8. The summed E-state index contributed by atoms with van der Waals surface area (Å²) in [7, 11) is 0. The molecule has 1 aliphatic rings. The van der Waals surface area contributed by atoms with Crippen LogP contribution in [0.2, 0.25) is 0 Å². The van der Waals surface area contributed by atoms with Gasteiger partial charge in [0.2, 0.25) is 0 Å². The fourth-order valence-corrected chi connectivity index (χ4v) is 2.62. The number of hydrogen-bond acceptors (Lipinski definition) is 6. The van der Waals surface area contributed by atoms with Crippen molar-refractivity contribution in [3.63, 3.8) is 0 Å². The molecule has 0 fully saturated rings. The second-order valence-electron chi connectivity index (χ2n) is 6.22. The van der Waals surface area contributed by atoms with Crippen molar-refractivity contribution < 1.29 is 23.9 Å². The highest BCUT2D eigenvalue weighted by Crippen LogP contribution is 2.32. The quantitative estimate of drug-likeness (QED) is 0.590. The number of amides is 2. The zero-order chi connectivity index (χ0) is 19.9. The molecule has 0 spiro atoms. The zero-order valence-electron chi connectivity index (χ0n) is 15.7. The SMILES string of the molecule is Cc1ccc(NC(=O)/C=N\OCC(=O)Nc2ccc3c(c2)OCCO3)c(C)c1. The number of rotatable bonds is 6. The lowest BCUT2D eigenvalue weighted by atomic mass is 10.1. The van der Waals surface area contributed by atoms with Crippen LogP contribution < -0.4 is 20.1 Å². The summed E-state index contributed by atoms with van der Waals surface area (Å²) in [6.45, 7) is 4.51. The first kappa shape index (κ1) is 19.2. The molecule has 2 N–H and O–H groups in total. The van der Waals surface area contributed by atoms with Gasteiger partial charge in [-0.25, -0.2) is 0 Å². The van der Waals surface area contributed by atoms with Crippen LogP contribution in [0.5, 0.6) is 11.5 Å². The lowest BCUT2D eigenvalue weighted by molar-refractivity contribution is -0.120. The molecule has 0 aliphatic carbocycles. The minimum atomic E-state index is -0.445. The first-order valence-electron chi connectivity index (χ1n) is 8.74. The van der Waals surface area contributed by atoms with Crippen molar-refractivity contribution in [2.75, 3.05) is 30.5 Å². The lowest BCUT2D eigenvalue weighted by Crippen LogP contribution is -2.19. The highest BCUT2D eigenvalue weighted by molar-refractivity contribution is 6.31. The van der Waals surface area contributed by atoms with Crippen LogP contribution in [0.3, 0.4) is 0 Å². The molecule has 0 atom stereocenters. The number of anilines is 2. The molecule has 0 aromatic heterocycles. The summed E-state index contributed by atoms with van der Waals surface area (Å²) in [5.41, 5.74) is 3.30. The third-order valence-corrected chi connectivity index (χ3v) is 3.91. The van der Waals surface area contributed by atoms with Gasteiger partial charge in [0.15, 0.2) is 18.1 Å². The predicted octanol–water partition coefficient (Wildman–Crippen LogP) is 2.65. The third kappa shape index (κ3) is 5.23. The summed E-state index contributed by atoms with van der Waals surface area (Å²) in [4.78, 5) is 28.6. The Bertz CT molecular complexity index is 911. The average Bonchev–Trinajstić information content (AvgIpc) is 2.67. The van der Waals surface area contributed by atoms with Gasteiger partial charge < -0.3 is 24.9 Å². The summed E-state index contributed by atoms with van der Waals surface area (Å²) < 4.78 is 10.9. The molecule has 146 valence electrons. The van der Waals surface area contributed by atoms with Crippen LogP contribution in [-0.2, 0) is 14.4 Å². The molecule has 8 nitrogen and oxygen atoms in total. The molecule has 2 aromatic carbocycles. The molecule has 0 saturated heterocycles. The number of nitrogens with one attached hydrogen (secondary N) is 2. The highest BCUT2D eigenvalue weighted by Gasteiger charge is 2.13. The number of nitrogens with zero attached hydrogens (tertiary/aromatic N) is 1. The number of oxime groups is 1. The molecule has 0 saturated carbocycles. The summed E-state index contributed by atoms with van der Waals surface area (Å²) in [5.74, 6) is 0.355. The van der Waals surface area contributed by atoms with Gasteiger partial charge in [0.05, 0.1) is 0 Å². The third-order valence-electron chi connectivity index (χ3n) is 3.91. The monoisotopic (exact) mass is 383 g/mol. The standard InChI is InChI=1S/C20H21N3O5/c1-13-3-5-16(14(2)9-13)23-19(24)11-21-28-12-20(25)22-15-4-6-17-18(10-15)27-8-7-26-17/h3-6,9-11H,7-8,12H2,1-2H3,(H,22,25)(H,23,24)/b21-11-. The Balaban J connectivity index is 1.44. The van der Waals surface area contributed by atoms with E-state index in [1.54, 1.807) is 18.2 Å². The molecule has 1 aliphatic heterocycles.